The summed E-state index contributed by atoms with van der Waals surface area (Å²) in [5.74, 6) is 1.49. The van der Waals surface area contributed by atoms with Crippen LogP contribution in [0.3, 0.4) is 0 Å². The Morgan fingerprint density at radius 1 is 1.26 bits per heavy atom. The third-order valence-electron chi connectivity index (χ3n) is 4.95. The first-order chi connectivity index (χ1) is 15.1. The molecule has 1 atom stereocenters. The van der Waals surface area contributed by atoms with E-state index in [0.29, 0.717) is 13.2 Å². The fourth-order valence-electron chi connectivity index (χ4n) is 3.29. The van der Waals surface area contributed by atoms with E-state index in [-0.39, 0.29) is 11.9 Å². The molecule has 1 N–H and O–H groups in total. The highest BCUT2D eigenvalue weighted by atomic mass is 32.1. The zero-order chi connectivity index (χ0) is 22.1. The van der Waals surface area contributed by atoms with Gasteiger partial charge in [-0.2, -0.15) is 0 Å². The van der Waals surface area contributed by atoms with Crippen molar-refractivity contribution in [2.24, 2.45) is 0 Å². The molecule has 31 heavy (non-hydrogen) atoms. The number of carbonyl (C=O) groups is 1. The standard InChI is InChI=1S/C24H29N3O3S/c1-4-27(5-2)22(23-7-6-14-29-23)15-25-24(28)13-10-19-8-11-21(12-9-19)30-16-20-17-31-18(3)26-20/h6-14,17,22H,4-5,15-16H2,1-3H3,(H,25,28)/b13-10+. The first-order valence-corrected chi connectivity index (χ1v) is 11.3. The smallest absolute Gasteiger partial charge is 0.244 e. The zero-order valence-electron chi connectivity index (χ0n) is 18.2. The molecule has 6 nitrogen and oxygen atoms in total. The van der Waals surface area contributed by atoms with E-state index in [9.17, 15) is 4.79 Å². The number of amides is 1. The lowest BCUT2D eigenvalue weighted by molar-refractivity contribution is -0.116. The fraction of sp³-hybridized carbons (Fsp3) is 0.333. The number of hydrogen-bond acceptors (Lipinski definition) is 6. The molecule has 164 valence electrons. The van der Waals surface area contributed by atoms with Crippen molar-refractivity contribution in [2.75, 3.05) is 19.6 Å². The molecular formula is C24H29N3O3S. The molecule has 0 saturated heterocycles. The predicted molar refractivity (Wildman–Crippen MR) is 124 cm³/mol. The number of aromatic nitrogens is 1. The van der Waals surface area contributed by atoms with Crippen LogP contribution in [-0.4, -0.2) is 35.4 Å². The van der Waals surface area contributed by atoms with Gasteiger partial charge in [0, 0.05) is 18.0 Å². The molecule has 7 heteroatoms. The fourth-order valence-corrected chi connectivity index (χ4v) is 3.89. The van der Waals surface area contributed by atoms with E-state index in [1.165, 1.54) is 0 Å². The van der Waals surface area contributed by atoms with E-state index in [1.54, 1.807) is 29.8 Å². The van der Waals surface area contributed by atoms with Gasteiger partial charge in [-0.15, -0.1) is 11.3 Å². The maximum absolute atomic E-state index is 12.3. The Kier molecular flexibility index (Phi) is 8.44. The number of nitrogens with zero attached hydrogens (tertiary/aromatic N) is 2. The summed E-state index contributed by atoms with van der Waals surface area (Å²) in [5, 5.41) is 6.02. The molecule has 0 saturated carbocycles. The molecule has 0 spiro atoms. The van der Waals surface area contributed by atoms with E-state index >= 15 is 0 Å². The average Bonchev–Trinajstić information content (AvgIpc) is 3.46. The maximum atomic E-state index is 12.3. The van der Waals surface area contributed by atoms with Gasteiger partial charge in [0.1, 0.15) is 18.1 Å². The lowest BCUT2D eigenvalue weighted by Crippen LogP contribution is -2.37. The Labute approximate surface area is 187 Å². The van der Waals surface area contributed by atoms with Gasteiger partial charge in [-0.05, 0) is 55.9 Å². The number of furan rings is 1. The van der Waals surface area contributed by atoms with Crippen LogP contribution in [0.1, 0.15) is 41.9 Å². The maximum Gasteiger partial charge on any atom is 0.244 e. The van der Waals surface area contributed by atoms with E-state index in [2.05, 4.69) is 29.0 Å². The van der Waals surface area contributed by atoms with Crippen LogP contribution in [0.2, 0.25) is 0 Å². The van der Waals surface area contributed by atoms with Gasteiger partial charge < -0.3 is 14.5 Å². The van der Waals surface area contributed by atoms with E-state index < -0.39 is 0 Å². The topological polar surface area (TPSA) is 67.6 Å². The summed E-state index contributed by atoms with van der Waals surface area (Å²) in [6.07, 6.45) is 5.01. The van der Waals surface area contributed by atoms with Gasteiger partial charge in [0.2, 0.25) is 5.91 Å². The van der Waals surface area contributed by atoms with Crippen molar-refractivity contribution in [1.82, 2.24) is 15.2 Å². The lowest BCUT2D eigenvalue weighted by atomic mass is 10.1. The molecule has 2 aromatic heterocycles. The molecule has 0 radical (unpaired) electrons. The van der Waals surface area contributed by atoms with Gasteiger partial charge in [-0.1, -0.05) is 26.0 Å². The van der Waals surface area contributed by atoms with Crippen LogP contribution in [0.5, 0.6) is 5.75 Å². The second-order valence-electron chi connectivity index (χ2n) is 7.05. The summed E-state index contributed by atoms with van der Waals surface area (Å²) < 4.78 is 11.3. The minimum absolute atomic E-state index is 0.0142. The van der Waals surface area contributed by atoms with Crippen molar-refractivity contribution < 1.29 is 13.9 Å². The first-order valence-electron chi connectivity index (χ1n) is 10.5. The number of carbonyl (C=O) groups excluding carboxylic acids is 1. The van der Waals surface area contributed by atoms with Crippen LogP contribution in [-0.2, 0) is 11.4 Å². The van der Waals surface area contributed by atoms with Gasteiger partial charge >= 0.3 is 0 Å². The number of nitrogens with one attached hydrogen (secondary N) is 1. The minimum Gasteiger partial charge on any atom is -0.487 e. The number of hydrogen-bond donors (Lipinski definition) is 1. The minimum atomic E-state index is -0.136. The molecule has 1 amide bonds. The molecule has 2 heterocycles. The Bertz CT molecular complexity index is 960. The van der Waals surface area contributed by atoms with Crippen molar-refractivity contribution >= 4 is 23.3 Å². The van der Waals surface area contributed by atoms with Crippen LogP contribution >= 0.6 is 11.3 Å². The largest absolute Gasteiger partial charge is 0.487 e. The number of aryl methyl sites for hydroxylation is 1. The summed E-state index contributed by atoms with van der Waals surface area (Å²) in [7, 11) is 0. The van der Waals surface area contributed by atoms with Crippen LogP contribution < -0.4 is 10.1 Å². The van der Waals surface area contributed by atoms with Crippen LogP contribution in [0.15, 0.2) is 58.5 Å². The highest BCUT2D eigenvalue weighted by Gasteiger charge is 2.20. The molecule has 0 aliphatic carbocycles. The first kappa shape index (κ1) is 22.8. The number of rotatable bonds is 11. The second kappa shape index (κ2) is 11.5. The summed E-state index contributed by atoms with van der Waals surface area (Å²) in [6.45, 7) is 8.88. The van der Waals surface area contributed by atoms with Crippen LogP contribution in [0.4, 0.5) is 0 Å². The van der Waals surface area contributed by atoms with Crippen molar-refractivity contribution in [1.29, 1.82) is 0 Å². The highest BCUT2D eigenvalue weighted by Crippen LogP contribution is 2.20. The van der Waals surface area contributed by atoms with Crippen LogP contribution in [0, 0.1) is 6.92 Å². The molecule has 1 unspecified atom stereocenters. The number of thiazole rings is 1. The van der Waals surface area contributed by atoms with E-state index in [4.69, 9.17) is 9.15 Å². The third-order valence-corrected chi connectivity index (χ3v) is 5.78. The summed E-state index contributed by atoms with van der Waals surface area (Å²) in [5.41, 5.74) is 1.86. The number of likely N-dealkylation sites (N-methyl/N-ethyl adjacent to an activating group) is 1. The Morgan fingerprint density at radius 3 is 2.65 bits per heavy atom. The van der Waals surface area contributed by atoms with E-state index in [0.717, 1.165) is 40.9 Å². The Balaban J connectivity index is 1.50. The van der Waals surface area contributed by atoms with Crippen molar-refractivity contribution in [3.05, 3.63) is 76.1 Å². The predicted octanol–water partition coefficient (Wildman–Crippen LogP) is 4.84. The summed E-state index contributed by atoms with van der Waals surface area (Å²) >= 11 is 1.61. The highest BCUT2D eigenvalue weighted by molar-refractivity contribution is 7.09. The van der Waals surface area contributed by atoms with Gasteiger partial charge in [-0.25, -0.2) is 4.98 Å². The van der Waals surface area contributed by atoms with E-state index in [1.807, 2.05) is 48.7 Å². The molecular weight excluding hydrogens is 410 g/mol. The monoisotopic (exact) mass is 439 g/mol. The van der Waals surface area contributed by atoms with Gasteiger partial charge in [0.15, 0.2) is 0 Å². The van der Waals surface area contributed by atoms with Gasteiger partial charge in [0.25, 0.3) is 0 Å². The lowest BCUT2D eigenvalue weighted by Gasteiger charge is -2.28. The Hall–Kier alpha value is -2.90. The molecule has 1 aromatic carbocycles. The van der Waals surface area contributed by atoms with Gasteiger partial charge in [-0.3, -0.25) is 9.69 Å². The third kappa shape index (κ3) is 6.80. The molecule has 0 fully saturated rings. The SMILES string of the molecule is CCN(CC)C(CNC(=O)/C=C/c1ccc(OCc2csc(C)n2)cc1)c1ccco1. The average molecular weight is 440 g/mol. The quantitative estimate of drug-likeness (QED) is 0.433. The Morgan fingerprint density at radius 2 is 2.03 bits per heavy atom. The normalized spacial score (nSPS) is 12.4. The number of benzene rings is 1. The second-order valence-corrected chi connectivity index (χ2v) is 8.11. The molecule has 0 aliphatic rings. The van der Waals surface area contributed by atoms with Crippen molar-refractivity contribution in [2.45, 2.75) is 33.4 Å². The van der Waals surface area contributed by atoms with Crippen molar-refractivity contribution in [3.8, 4) is 5.75 Å². The van der Waals surface area contributed by atoms with Crippen LogP contribution in [0.25, 0.3) is 6.08 Å². The van der Waals surface area contributed by atoms with Gasteiger partial charge in [0.05, 0.1) is 23.0 Å². The molecule has 0 aliphatic heterocycles. The molecule has 3 rings (SSSR count). The zero-order valence-corrected chi connectivity index (χ0v) is 19.0. The summed E-state index contributed by atoms with van der Waals surface area (Å²) in [6, 6.07) is 11.5. The van der Waals surface area contributed by atoms with Crippen molar-refractivity contribution in [3.63, 3.8) is 0 Å². The number of ether oxygens (including phenoxy) is 1. The molecule has 3 aromatic rings. The summed E-state index contributed by atoms with van der Waals surface area (Å²) in [4.78, 5) is 19.0. The molecule has 0 bridgehead atoms.